The molecule has 0 aliphatic rings. The van der Waals surface area contributed by atoms with E-state index in [0.717, 1.165) is 12.1 Å². The summed E-state index contributed by atoms with van der Waals surface area (Å²) in [6, 6.07) is 7.77. The quantitative estimate of drug-likeness (QED) is 0.671. The molecule has 118 valence electrons. The van der Waals surface area contributed by atoms with Gasteiger partial charge in [0.2, 0.25) is 5.91 Å². The van der Waals surface area contributed by atoms with Crippen LogP contribution in [0.25, 0.3) is 0 Å². The molecule has 0 saturated heterocycles. The van der Waals surface area contributed by atoms with Gasteiger partial charge in [-0.1, -0.05) is 26.0 Å². The highest BCUT2D eigenvalue weighted by atomic mass is 16.3. The van der Waals surface area contributed by atoms with Gasteiger partial charge >= 0.3 is 0 Å². The van der Waals surface area contributed by atoms with E-state index in [0.29, 0.717) is 6.54 Å². The Morgan fingerprint density at radius 2 is 2.00 bits per heavy atom. The van der Waals surface area contributed by atoms with Gasteiger partial charge in [0.1, 0.15) is 0 Å². The maximum absolute atomic E-state index is 12.0. The third kappa shape index (κ3) is 5.83. The first-order chi connectivity index (χ1) is 9.92. The van der Waals surface area contributed by atoms with Gasteiger partial charge in [0, 0.05) is 17.6 Å². The van der Waals surface area contributed by atoms with Crippen LogP contribution in [0.5, 0.6) is 0 Å². The lowest BCUT2D eigenvalue weighted by atomic mass is 9.92. The molecule has 0 heterocycles. The molecule has 0 fully saturated rings. The second kappa shape index (κ2) is 8.12. The first kappa shape index (κ1) is 17.6. The fourth-order valence-electron chi connectivity index (χ4n) is 2.17. The molecule has 1 rings (SSSR count). The van der Waals surface area contributed by atoms with Crippen LogP contribution in [0, 0.1) is 5.41 Å². The molecule has 5 nitrogen and oxygen atoms in total. The molecular formula is C16H26N2O3. The molecule has 0 saturated carbocycles. The number of carbonyl (C=O) groups is 1. The summed E-state index contributed by atoms with van der Waals surface area (Å²) < 4.78 is 0. The van der Waals surface area contributed by atoms with E-state index in [9.17, 15) is 15.0 Å². The van der Waals surface area contributed by atoms with E-state index in [1.165, 1.54) is 5.56 Å². The van der Waals surface area contributed by atoms with Crippen molar-refractivity contribution in [1.82, 2.24) is 4.90 Å². The van der Waals surface area contributed by atoms with E-state index < -0.39 is 5.41 Å². The third-order valence-electron chi connectivity index (χ3n) is 3.45. The van der Waals surface area contributed by atoms with Crippen molar-refractivity contribution in [2.75, 3.05) is 38.7 Å². The van der Waals surface area contributed by atoms with Crippen molar-refractivity contribution < 1.29 is 15.0 Å². The van der Waals surface area contributed by atoms with Gasteiger partial charge < -0.3 is 15.5 Å². The van der Waals surface area contributed by atoms with Gasteiger partial charge in [0.05, 0.1) is 19.8 Å². The molecule has 0 aliphatic carbocycles. The van der Waals surface area contributed by atoms with Crippen LogP contribution in [0.2, 0.25) is 0 Å². The summed E-state index contributed by atoms with van der Waals surface area (Å²) in [6.45, 7) is 4.28. The number of hydrogen-bond donors (Lipinski definition) is 3. The maximum Gasteiger partial charge on any atom is 0.238 e. The summed E-state index contributed by atoms with van der Waals surface area (Å²) >= 11 is 0. The topological polar surface area (TPSA) is 72.8 Å². The van der Waals surface area contributed by atoms with Gasteiger partial charge in [-0.25, -0.2) is 0 Å². The largest absolute Gasteiger partial charge is 0.396 e. The van der Waals surface area contributed by atoms with Gasteiger partial charge in [-0.2, -0.15) is 0 Å². The van der Waals surface area contributed by atoms with Crippen molar-refractivity contribution in [3.8, 4) is 0 Å². The highest BCUT2D eigenvalue weighted by Gasteiger charge is 2.25. The zero-order chi connectivity index (χ0) is 15.9. The van der Waals surface area contributed by atoms with Crippen LogP contribution in [-0.2, 0) is 11.2 Å². The molecule has 0 aliphatic heterocycles. The molecule has 1 amide bonds. The van der Waals surface area contributed by atoms with Gasteiger partial charge in [0.25, 0.3) is 0 Å². The summed E-state index contributed by atoms with van der Waals surface area (Å²) in [5.41, 5.74) is 1.37. The van der Waals surface area contributed by atoms with E-state index >= 15 is 0 Å². The molecule has 1 aromatic rings. The Morgan fingerprint density at radius 3 is 2.57 bits per heavy atom. The van der Waals surface area contributed by atoms with Gasteiger partial charge in [-0.3, -0.25) is 9.69 Å². The first-order valence-corrected chi connectivity index (χ1v) is 7.21. The number of rotatable bonds is 8. The van der Waals surface area contributed by atoms with Crippen molar-refractivity contribution in [1.29, 1.82) is 0 Å². The van der Waals surface area contributed by atoms with Crippen LogP contribution >= 0.6 is 0 Å². The van der Waals surface area contributed by atoms with Crippen molar-refractivity contribution in [2.45, 2.75) is 20.3 Å². The van der Waals surface area contributed by atoms with E-state index in [-0.39, 0.29) is 25.7 Å². The fourth-order valence-corrected chi connectivity index (χ4v) is 2.17. The van der Waals surface area contributed by atoms with Crippen LogP contribution in [0.1, 0.15) is 19.4 Å². The molecule has 0 atom stereocenters. The molecule has 0 bridgehead atoms. The normalized spacial score (nSPS) is 11.7. The minimum atomic E-state index is -0.600. The number of aliphatic hydroxyl groups is 2. The van der Waals surface area contributed by atoms with E-state index in [2.05, 4.69) is 12.2 Å². The fraction of sp³-hybridized carbons (Fsp3) is 0.562. The van der Waals surface area contributed by atoms with Crippen LogP contribution in [0.15, 0.2) is 24.3 Å². The van der Waals surface area contributed by atoms with Gasteiger partial charge in [-0.15, -0.1) is 0 Å². The number of carbonyl (C=O) groups excluding carboxylic acids is 1. The van der Waals surface area contributed by atoms with E-state index in [1.54, 1.807) is 18.9 Å². The average Bonchev–Trinajstić information content (AvgIpc) is 2.46. The lowest BCUT2D eigenvalue weighted by molar-refractivity contribution is -0.117. The summed E-state index contributed by atoms with van der Waals surface area (Å²) in [5.74, 6) is -0.107. The zero-order valence-electron chi connectivity index (χ0n) is 13.1. The lowest BCUT2D eigenvalue weighted by Gasteiger charge is -2.29. The van der Waals surface area contributed by atoms with Crippen molar-refractivity contribution in [2.24, 2.45) is 5.41 Å². The molecule has 1 aromatic carbocycles. The number of hydrogen-bond acceptors (Lipinski definition) is 4. The van der Waals surface area contributed by atoms with Gasteiger partial charge in [0.15, 0.2) is 0 Å². The SMILES string of the molecule is CCc1cccc(NC(=O)CN(C)CC(C)(CO)CO)c1. The van der Waals surface area contributed by atoms with Crippen LogP contribution < -0.4 is 5.32 Å². The molecule has 0 unspecified atom stereocenters. The van der Waals surface area contributed by atoms with Crippen molar-refractivity contribution in [3.63, 3.8) is 0 Å². The van der Waals surface area contributed by atoms with Crippen LogP contribution in [0.4, 0.5) is 5.69 Å². The number of aliphatic hydroxyl groups excluding tert-OH is 2. The number of aryl methyl sites for hydroxylation is 1. The molecule has 0 aromatic heterocycles. The Kier molecular flexibility index (Phi) is 6.81. The first-order valence-electron chi connectivity index (χ1n) is 7.21. The highest BCUT2D eigenvalue weighted by Crippen LogP contribution is 2.15. The standard InChI is InChI=1S/C16H26N2O3/c1-4-13-6-5-7-14(8-13)17-15(21)9-18(3)10-16(2,11-19)12-20/h5-8,19-20H,4,9-12H2,1-3H3,(H,17,21). The zero-order valence-corrected chi connectivity index (χ0v) is 13.1. The maximum atomic E-state index is 12.0. The Morgan fingerprint density at radius 1 is 1.33 bits per heavy atom. The monoisotopic (exact) mass is 294 g/mol. The number of likely N-dealkylation sites (N-methyl/N-ethyl adjacent to an activating group) is 1. The molecule has 5 heteroatoms. The highest BCUT2D eigenvalue weighted by molar-refractivity contribution is 5.92. The number of amides is 1. The van der Waals surface area contributed by atoms with Crippen molar-refractivity contribution >= 4 is 11.6 Å². The minimum absolute atomic E-state index is 0.107. The second-order valence-electron chi connectivity index (χ2n) is 5.90. The Balaban J connectivity index is 2.53. The molecule has 3 N–H and O–H groups in total. The summed E-state index contributed by atoms with van der Waals surface area (Å²) in [5, 5.41) is 21.4. The third-order valence-corrected chi connectivity index (χ3v) is 3.45. The van der Waals surface area contributed by atoms with Crippen molar-refractivity contribution in [3.05, 3.63) is 29.8 Å². The molecule has 0 radical (unpaired) electrons. The number of anilines is 1. The summed E-state index contributed by atoms with van der Waals surface area (Å²) in [4.78, 5) is 13.8. The molecule has 21 heavy (non-hydrogen) atoms. The van der Waals surface area contributed by atoms with Gasteiger partial charge in [-0.05, 0) is 31.2 Å². The molecular weight excluding hydrogens is 268 g/mol. The Hall–Kier alpha value is -1.43. The smallest absolute Gasteiger partial charge is 0.238 e. The van der Waals surface area contributed by atoms with Crippen LogP contribution in [0.3, 0.4) is 0 Å². The van der Waals surface area contributed by atoms with E-state index in [1.807, 2.05) is 24.3 Å². The Bertz CT molecular complexity index is 459. The average molecular weight is 294 g/mol. The Labute approximate surface area is 126 Å². The van der Waals surface area contributed by atoms with Crippen LogP contribution in [-0.4, -0.2) is 54.4 Å². The number of nitrogens with one attached hydrogen (secondary N) is 1. The summed E-state index contributed by atoms with van der Waals surface area (Å²) in [6.07, 6.45) is 0.926. The predicted octanol–water partition coefficient (Wildman–Crippen LogP) is 1.11. The molecule has 0 spiro atoms. The predicted molar refractivity (Wildman–Crippen MR) is 84.2 cm³/mol. The number of benzene rings is 1. The lowest BCUT2D eigenvalue weighted by Crippen LogP contribution is -2.41. The second-order valence-corrected chi connectivity index (χ2v) is 5.90. The summed E-state index contributed by atoms with van der Waals surface area (Å²) in [7, 11) is 1.80. The minimum Gasteiger partial charge on any atom is -0.396 e. The number of nitrogens with zero attached hydrogens (tertiary/aromatic N) is 1. The van der Waals surface area contributed by atoms with E-state index in [4.69, 9.17) is 0 Å².